The summed E-state index contributed by atoms with van der Waals surface area (Å²) in [5.74, 6) is 0. The van der Waals surface area contributed by atoms with Gasteiger partial charge in [0.2, 0.25) is 0 Å². The van der Waals surface area contributed by atoms with Crippen LogP contribution in [0.3, 0.4) is 0 Å². The molecule has 0 aromatic heterocycles. The van der Waals surface area contributed by atoms with E-state index in [1.807, 2.05) is 0 Å². The average molecular weight is 286 g/mol. The summed E-state index contributed by atoms with van der Waals surface area (Å²) < 4.78 is 75.0. The van der Waals surface area contributed by atoms with Gasteiger partial charge in [0.25, 0.3) is 0 Å². The van der Waals surface area contributed by atoms with Crippen LogP contribution in [0.5, 0.6) is 0 Å². The second-order valence-corrected chi connectivity index (χ2v) is 3.63. The van der Waals surface area contributed by atoms with Crippen molar-refractivity contribution in [1.29, 1.82) is 0 Å². The molecule has 0 aliphatic carbocycles. The van der Waals surface area contributed by atoms with E-state index in [1.165, 1.54) is 0 Å². The van der Waals surface area contributed by atoms with Crippen LogP contribution < -0.4 is 5.73 Å². The average Bonchev–Trinajstić information content (AvgIpc) is 2.26. The van der Waals surface area contributed by atoms with Crippen molar-refractivity contribution in [3.8, 4) is 0 Å². The summed E-state index contributed by atoms with van der Waals surface area (Å²) in [6.45, 7) is 0. The lowest BCUT2D eigenvalue weighted by molar-refractivity contribution is -0.143. The highest BCUT2D eigenvalue weighted by molar-refractivity contribution is 5.66. The molecule has 0 bridgehead atoms. The smallest absolute Gasteiger partial charge is 0.411 e. The molecule has 3 nitrogen and oxygen atoms in total. The Morgan fingerprint density at radius 3 is 1.74 bits per heavy atom. The number of nitrogens with zero attached hydrogens (tertiary/aromatic N) is 1. The predicted octanol–water partition coefficient (Wildman–Crippen LogP) is 3.18. The summed E-state index contributed by atoms with van der Waals surface area (Å²) in [6, 6.07) is -0.441. The zero-order valence-electron chi connectivity index (χ0n) is 9.13. The highest BCUT2D eigenvalue weighted by Gasteiger charge is 2.37. The van der Waals surface area contributed by atoms with Gasteiger partial charge in [0.05, 0.1) is 23.4 Å². The van der Waals surface area contributed by atoms with E-state index < -0.39 is 35.1 Å². The quantitative estimate of drug-likeness (QED) is 0.379. The van der Waals surface area contributed by atoms with Gasteiger partial charge < -0.3 is 10.9 Å². The summed E-state index contributed by atoms with van der Waals surface area (Å²) in [6.07, 6.45) is -9.26. The van der Waals surface area contributed by atoms with Gasteiger partial charge >= 0.3 is 12.4 Å². The minimum atomic E-state index is -4.94. The Morgan fingerprint density at radius 2 is 1.42 bits per heavy atom. The Labute approximate surface area is 103 Å². The minimum Gasteiger partial charge on any atom is -0.411 e. The van der Waals surface area contributed by atoms with E-state index in [-0.39, 0.29) is 6.07 Å². The number of rotatable bonds is 2. The zero-order chi connectivity index (χ0) is 14.8. The van der Waals surface area contributed by atoms with Crippen molar-refractivity contribution in [1.82, 2.24) is 0 Å². The minimum absolute atomic E-state index is 0.00763. The Kier molecular flexibility index (Phi) is 4.09. The standard InChI is InChI=1S/C10H8F6N2O/c11-9(12,13)6-1-5(8(17)4-18-19)2-7(3-6)10(14,15)16/h1-4,8,19H,17H2/b18-4+. The lowest BCUT2D eigenvalue weighted by Crippen LogP contribution is -2.17. The van der Waals surface area contributed by atoms with Crippen molar-refractivity contribution in [3.05, 3.63) is 34.9 Å². The third-order valence-electron chi connectivity index (χ3n) is 2.22. The molecular formula is C10H8F6N2O. The first-order valence-electron chi connectivity index (χ1n) is 4.78. The fourth-order valence-corrected chi connectivity index (χ4v) is 1.33. The SMILES string of the molecule is NC(/C=N/O)c1cc(C(F)(F)F)cc(C(F)(F)F)c1. The monoisotopic (exact) mass is 286 g/mol. The molecule has 0 radical (unpaired) electrons. The number of alkyl halides is 6. The molecule has 0 fully saturated rings. The summed E-state index contributed by atoms with van der Waals surface area (Å²) in [5.41, 5.74) is 1.88. The molecule has 1 aromatic rings. The van der Waals surface area contributed by atoms with E-state index in [2.05, 4.69) is 5.16 Å². The first-order chi connectivity index (χ1) is 8.55. The third-order valence-corrected chi connectivity index (χ3v) is 2.22. The van der Waals surface area contributed by atoms with Crippen LogP contribution >= 0.6 is 0 Å². The molecule has 0 aliphatic rings. The first-order valence-corrected chi connectivity index (χ1v) is 4.78. The van der Waals surface area contributed by atoms with Crippen LogP contribution in [0, 0.1) is 0 Å². The number of hydrogen-bond acceptors (Lipinski definition) is 3. The van der Waals surface area contributed by atoms with E-state index in [0.717, 1.165) is 0 Å². The van der Waals surface area contributed by atoms with Crippen LogP contribution in [0.4, 0.5) is 26.3 Å². The fraction of sp³-hybridized carbons (Fsp3) is 0.300. The van der Waals surface area contributed by atoms with Crippen LogP contribution in [0.2, 0.25) is 0 Å². The summed E-state index contributed by atoms with van der Waals surface area (Å²) in [4.78, 5) is 0. The van der Waals surface area contributed by atoms with Gasteiger partial charge in [-0.05, 0) is 23.8 Å². The lowest BCUT2D eigenvalue weighted by Gasteiger charge is -2.15. The number of hydrogen-bond donors (Lipinski definition) is 2. The molecule has 0 heterocycles. The van der Waals surface area contributed by atoms with Gasteiger partial charge in [-0.3, -0.25) is 0 Å². The molecule has 1 unspecified atom stereocenters. The van der Waals surface area contributed by atoms with Gasteiger partial charge in [-0.25, -0.2) is 0 Å². The molecule has 0 saturated heterocycles. The second-order valence-electron chi connectivity index (χ2n) is 3.63. The van der Waals surface area contributed by atoms with Gasteiger partial charge in [-0.15, -0.1) is 5.16 Å². The maximum Gasteiger partial charge on any atom is 0.416 e. The number of halogens is 6. The Bertz CT molecular complexity index is 448. The second kappa shape index (κ2) is 5.08. The van der Waals surface area contributed by atoms with Crippen molar-refractivity contribution in [2.45, 2.75) is 18.4 Å². The molecule has 3 N–H and O–H groups in total. The number of oxime groups is 1. The summed E-state index contributed by atoms with van der Waals surface area (Å²) in [5, 5.41) is 10.7. The molecule has 1 rings (SSSR count). The zero-order valence-corrected chi connectivity index (χ0v) is 9.13. The summed E-state index contributed by atoms with van der Waals surface area (Å²) >= 11 is 0. The Hall–Kier alpha value is -1.77. The largest absolute Gasteiger partial charge is 0.416 e. The van der Waals surface area contributed by atoms with E-state index >= 15 is 0 Å². The van der Waals surface area contributed by atoms with Gasteiger partial charge in [-0.1, -0.05) is 0 Å². The highest BCUT2D eigenvalue weighted by atomic mass is 19.4. The van der Waals surface area contributed by atoms with E-state index in [9.17, 15) is 26.3 Å². The lowest BCUT2D eigenvalue weighted by atomic mass is 10.0. The van der Waals surface area contributed by atoms with Crippen LogP contribution in [0.25, 0.3) is 0 Å². The van der Waals surface area contributed by atoms with Crippen molar-refractivity contribution in [3.63, 3.8) is 0 Å². The third kappa shape index (κ3) is 3.85. The molecular weight excluding hydrogens is 278 g/mol. The number of benzene rings is 1. The molecule has 1 aromatic carbocycles. The number of nitrogens with two attached hydrogens (primary N) is 1. The van der Waals surface area contributed by atoms with Crippen LogP contribution in [-0.2, 0) is 12.4 Å². The van der Waals surface area contributed by atoms with Crippen molar-refractivity contribution >= 4 is 6.21 Å². The van der Waals surface area contributed by atoms with Crippen LogP contribution in [0.15, 0.2) is 23.4 Å². The Morgan fingerprint density at radius 1 is 1.00 bits per heavy atom. The highest BCUT2D eigenvalue weighted by Crippen LogP contribution is 2.37. The first kappa shape index (κ1) is 15.3. The molecule has 9 heteroatoms. The molecule has 106 valence electrons. The molecule has 0 spiro atoms. The van der Waals surface area contributed by atoms with Crippen molar-refractivity contribution < 1.29 is 31.5 Å². The van der Waals surface area contributed by atoms with E-state index in [1.54, 1.807) is 0 Å². The molecule has 0 saturated carbocycles. The summed E-state index contributed by atoms with van der Waals surface area (Å²) in [7, 11) is 0. The molecule has 0 aliphatic heterocycles. The normalized spacial score (nSPS) is 14.9. The van der Waals surface area contributed by atoms with Gasteiger partial charge in [0, 0.05) is 0 Å². The van der Waals surface area contributed by atoms with Gasteiger partial charge in [0.15, 0.2) is 0 Å². The molecule has 1 atom stereocenters. The van der Waals surface area contributed by atoms with Crippen molar-refractivity contribution in [2.75, 3.05) is 0 Å². The topological polar surface area (TPSA) is 58.6 Å². The van der Waals surface area contributed by atoms with Gasteiger partial charge in [0.1, 0.15) is 0 Å². The maximum absolute atomic E-state index is 12.5. The molecule has 0 amide bonds. The van der Waals surface area contributed by atoms with Crippen molar-refractivity contribution in [2.24, 2.45) is 10.9 Å². The van der Waals surface area contributed by atoms with Gasteiger partial charge in [-0.2, -0.15) is 26.3 Å². The van der Waals surface area contributed by atoms with Crippen LogP contribution in [-0.4, -0.2) is 11.4 Å². The van der Waals surface area contributed by atoms with Crippen LogP contribution in [0.1, 0.15) is 22.7 Å². The molecule has 19 heavy (non-hydrogen) atoms. The predicted molar refractivity (Wildman–Crippen MR) is 53.7 cm³/mol. The van der Waals surface area contributed by atoms with E-state index in [4.69, 9.17) is 10.9 Å². The Balaban J connectivity index is 3.41. The maximum atomic E-state index is 12.5. The van der Waals surface area contributed by atoms with E-state index in [0.29, 0.717) is 18.3 Å². The fourth-order valence-electron chi connectivity index (χ4n) is 1.33.